The Labute approximate surface area is 119 Å². The van der Waals surface area contributed by atoms with Crippen molar-refractivity contribution in [2.45, 2.75) is 19.9 Å². The van der Waals surface area contributed by atoms with E-state index in [2.05, 4.69) is 18.1 Å². The molecule has 1 unspecified atom stereocenters. The normalized spacial score (nSPS) is 23.1. The van der Waals surface area contributed by atoms with E-state index >= 15 is 0 Å². The molecule has 0 aromatic heterocycles. The Morgan fingerprint density at radius 1 is 1.30 bits per heavy atom. The average Bonchev–Trinajstić information content (AvgIpc) is 2.65. The molecular weight excluding hydrogens is 250 g/mol. The number of hydrogen-bond donors (Lipinski definition) is 1. The van der Waals surface area contributed by atoms with Gasteiger partial charge in [-0.25, -0.2) is 0 Å². The number of hydrogen-bond acceptors (Lipinski definition) is 3. The van der Waals surface area contributed by atoms with Crippen molar-refractivity contribution in [3.63, 3.8) is 0 Å². The number of nitrogens with zero attached hydrogens (tertiary/aromatic N) is 1. The van der Waals surface area contributed by atoms with Gasteiger partial charge in [-0.05, 0) is 25.5 Å². The summed E-state index contributed by atoms with van der Waals surface area (Å²) in [6.45, 7) is 11.3. The zero-order valence-corrected chi connectivity index (χ0v) is 12.1. The van der Waals surface area contributed by atoms with Crippen LogP contribution >= 0.6 is 0 Å². The molecule has 1 heterocycles. The summed E-state index contributed by atoms with van der Waals surface area (Å²) in [5.74, 6) is -0.202. The summed E-state index contributed by atoms with van der Waals surface area (Å²) in [4.78, 5) is 14.5. The maximum absolute atomic E-state index is 12.4. The van der Waals surface area contributed by atoms with Crippen LogP contribution in [0.5, 0.6) is 0 Å². The third kappa shape index (κ3) is 1.95. The highest BCUT2D eigenvalue weighted by molar-refractivity contribution is 6.18. The number of carbonyl (C=O) groups is 1. The van der Waals surface area contributed by atoms with Crippen LogP contribution < -0.4 is 0 Å². The highest BCUT2D eigenvalue weighted by Crippen LogP contribution is 2.35. The number of aliphatic hydroxyl groups is 1. The number of rotatable bonds is 3. The first-order valence-corrected chi connectivity index (χ1v) is 6.53. The molecule has 3 nitrogen and oxygen atoms in total. The van der Waals surface area contributed by atoms with Crippen LogP contribution in [-0.2, 0) is 4.79 Å². The second kappa shape index (κ2) is 5.00. The second-order valence-electron chi connectivity index (χ2n) is 5.05. The van der Waals surface area contributed by atoms with Crippen LogP contribution in [-0.4, -0.2) is 28.9 Å². The maximum Gasteiger partial charge on any atom is 0.198 e. The fraction of sp³-hybridized carbons (Fsp3) is 0.235. The van der Waals surface area contributed by atoms with Gasteiger partial charge in [0.1, 0.15) is 5.76 Å². The lowest BCUT2D eigenvalue weighted by atomic mass is 9.95. The van der Waals surface area contributed by atoms with Crippen molar-refractivity contribution in [2.75, 3.05) is 7.05 Å². The van der Waals surface area contributed by atoms with Crippen LogP contribution in [0.3, 0.4) is 0 Å². The second-order valence-corrected chi connectivity index (χ2v) is 5.05. The predicted molar refractivity (Wildman–Crippen MR) is 81.1 cm³/mol. The average molecular weight is 269 g/mol. The summed E-state index contributed by atoms with van der Waals surface area (Å²) in [5.41, 5.74) is 3.01. The SMILES string of the molecule is C=CC1=C(C=C)C(O)=C(C2=CC(C)N(C)C(C)=C2)C1=O. The lowest BCUT2D eigenvalue weighted by Crippen LogP contribution is -2.29. The van der Waals surface area contributed by atoms with Gasteiger partial charge < -0.3 is 10.0 Å². The van der Waals surface area contributed by atoms with E-state index in [0.29, 0.717) is 16.7 Å². The first-order valence-electron chi connectivity index (χ1n) is 6.53. The van der Waals surface area contributed by atoms with Gasteiger partial charge in [-0.1, -0.05) is 31.4 Å². The van der Waals surface area contributed by atoms with Crippen molar-refractivity contribution in [3.05, 3.63) is 71.2 Å². The first-order chi connectivity index (χ1) is 9.42. The Morgan fingerprint density at radius 2 is 1.90 bits per heavy atom. The summed E-state index contributed by atoms with van der Waals surface area (Å²) in [7, 11) is 2.00. The van der Waals surface area contributed by atoms with E-state index in [4.69, 9.17) is 0 Å². The summed E-state index contributed by atoms with van der Waals surface area (Å²) in [6, 6.07) is 0.170. The minimum absolute atomic E-state index is 0.00745. The molecule has 0 saturated carbocycles. The molecule has 2 rings (SSSR count). The maximum atomic E-state index is 12.4. The number of likely N-dealkylation sites (N-methyl/N-ethyl adjacent to an activating group) is 1. The zero-order valence-electron chi connectivity index (χ0n) is 12.1. The van der Waals surface area contributed by atoms with Gasteiger partial charge in [0.25, 0.3) is 0 Å². The summed E-state index contributed by atoms with van der Waals surface area (Å²) >= 11 is 0. The van der Waals surface area contributed by atoms with Gasteiger partial charge in [0.05, 0.1) is 5.57 Å². The van der Waals surface area contributed by atoms with Crippen LogP contribution in [0.1, 0.15) is 13.8 Å². The van der Waals surface area contributed by atoms with Gasteiger partial charge in [0.2, 0.25) is 0 Å². The Morgan fingerprint density at radius 3 is 2.35 bits per heavy atom. The van der Waals surface area contributed by atoms with E-state index in [1.54, 1.807) is 0 Å². The van der Waals surface area contributed by atoms with Crippen LogP contribution in [0.25, 0.3) is 0 Å². The Balaban J connectivity index is 2.54. The van der Waals surface area contributed by atoms with E-state index < -0.39 is 0 Å². The van der Waals surface area contributed by atoms with Crippen molar-refractivity contribution < 1.29 is 9.90 Å². The zero-order chi connectivity index (χ0) is 15.0. The minimum Gasteiger partial charge on any atom is -0.507 e. The molecule has 1 N–H and O–H groups in total. The molecule has 20 heavy (non-hydrogen) atoms. The summed E-state index contributed by atoms with van der Waals surface area (Å²) in [5, 5.41) is 10.3. The van der Waals surface area contributed by atoms with Gasteiger partial charge >= 0.3 is 0 Å². The quantitative estimate of drug-likeness (QED) is 0.855. The third-order valence-corrected chi connectivity index (χ3v) is 3.90. The largest absolute Gasteiger partial charge is 0.507 e. The van der Waals surface area contributed by atoms with E-state index in [9.17, 15) is 9.90 Å². The highest BCUT2D eigenvalue weighted by Gasteiger charge is 2.32. The number of Topliss-reactive ketones (excluding diaryl/α,β-unsaturated/α-hetero) is 1. The molecule has 0 amide bonds. The molecule has 0 spiro atoms. The van der Waals surface area contributed by atoms with Gasteiger partial charge in [-0.15, -0.1) is 0 Å². The minimum atomic E-state index is -0.195. The Bertz CT molecular complexity index is 629. The van der Waals surface area contributed by atoms with E-state index in [-0.39, 0.29) is 17.6 Å². The Hall–Kier alpha value is -2.29. The molecule has 0 radical (unpaired) electrons. The molecule has 1 aliphatic carbocycles. The molecule has 0 aromatic carbocycles. The number of carbonyl (C=O) groups excluding carboxylic acids is 1. The van der Waals surface area contributed by atoms with Gasteiger partial charge in [-0.2, -0.15) is 0 Å². The number of aliphatic hydroxyl groups excluding tert-OH is 1. The lowest BCUT2D eigenvalue weighted by molar-refractivity contribution is -0.111. The molecule has 1 atom stereocenters. The molecule has 0 bridgehead atoms. The smallest absolute Gasteiger partial charge is 0.198 e. The molecule has 0 aromatic rings. The molecule has 0 saturated heterocycles. The Kier molecular flexibility index (Phi) is 3.53. The van der Waals surface area contributed by atoms with Crippen LogP contribution in [0, 0.1) is 0 Å². The van der Waals surface area contributed by atoms with E-state index in [1.807, 2.05) is 33.0 Å². The van der Waals surface area contributed by atoms with Crippen molar-refractivity contribution in [3.8, 4) is 0 Å². The number of allylic oxidation sites excluding steroid dienone is 7. The van der Waals surface area contributed by atoms with Crippen molar-refractivity contribution in [1.82, 2.24) is 4.90 Å². The van der Waals surface area contributed by atoms with Gasteiger partial charge in [-0.3, -0.25) is 4.79 Å². The number of ketones is 1. The third-order valence-electron chi connectivity index (χ3n) is 3.90. The van der Waals surface area contributed by atoms with Crippen molar-refractivity contribution in [2.24, 2.45) is 0 Å². The summed E-state index contributed by atoms with van der Waals surface area (Å²) < 4.78 is 0. The van der Waals surface area contributed by atoms with Crippen LogP contribution in [0.4, 0.5) is 0 Å². The van der Waals surface area contributed by atoms with Crippen molar-refractivity contribution in [1.29, 1.82) is 0 Å². The fourth-order valence-electron chi connectivity index (χ4n) is 2.53. The molecule has 0 fully saturated rings. The predicted octanol–water partition coefficient (Wildman–Crippen LogP) is 3.21. The van der Waals surface area contributed by atoms with Crippen molar-refractivity contribution >= 4 is 5.78 Å². The fourth-order valence-corrected chi connectivity index (χ4v) is 2.53. The summed E-state index contributed by atoms with van der Waals surface area (Å²) in [6.07, 6.45) is 6.85. The van der Waals surface area contributed by atoms with E-state index in [0.717, 1.165) is 11.3 Å². The van der Waals surface area contributed by atoms with Crippen LogP contribution in [0.2, 0.25) is 0 Å². The van der Waals surface area contributed by atoms with Gasteiger partial charge in [0.15, 0.2) is 5.78 Å². The molecule has 2 aliphatic rings. The standard InChI is InChI=1S/C17H19NO2/c1-6-13-14(7-2)17(20)15(16(13)19)12-8-10(3)18(5)11(4)9-12/h6-10,19H,1-2H2,3-5H3. The topological polar surface area (TPSA) is 40.5 Å². The first kappa shape index (κ1) is 14.1. The van der Waals surface area contributed by atoms with Crippen LogP contribution in [0.15, 0.2) is 71.2 Å². The lowest BCUT2D eigenvalue weighted by Gasteiger charge is -2.30. The molecule has 3 heteroatoms. The van der Waals surface area contributed by atoms with E-state index in [1.165, 1.54) is 12.2 Å². The molecule has 1 aliphatic heterocycles. The monoisotopic (exact) mass is 269 g/mol. The molecule has 104 valence electrons. The van der Waals surface area contributed by atoms with Gasteiger partial charge in [0, 0.05) is 29.9 Å². The molecular formula is C17H19NO2. The highest BCUT2D eigenvalue weighted by atomic mass is 16.3.